The van der Waals surface area contributed by atoms with Gasteiger partial charge in [0.05, 0.1) is 8.88 Å². The lowest BCUT2D eigenvalue weighted by atomic mass is 10.1. The second kappa shape index (κ2) is 6.08. The van der Waals surface area contributed by atoms with E-state index in [2.05, 4.69) is 74.3 Å². The second-order valence-corrected chi connectivity index (χ2v) is 5.66. The fourth-order valence-corrected chi connectivity index (χ4v) is 3.28. The molecule has 0 aliphatic rings. The van der Waals surface area contributed by atoms with Crippen molar-refractivity contribution in [1.82, 2.24) is 0 Å². The molecule has 0 fully saturated rings. The van der Waals surface area contributed by atoms with Crippen molar-refractivity contribution in [2.24, 2.45) is 0 Å². The van der Waals surface area contributed by atoms with Gasteiger partial charge in [-0.25, -0.2) is 0 Å². The zero-order chi connectivity index (χ0) is 13.8. The third-order valence-electron chi connectivity index (χ3n) is 3.34. The normalized spacial score (nSPS) is 10.3. The van der Waals surface area contributed by atoms with Crippen molar-refractivity contribution in [3.8, 4) is 0 Å². The molecule has 19 heavy (non-hydrogen) atoms. The van der Waals surface area contributed by atoms with Gasteiger partial charge in [0.25, 0.3) is 0 Å². The van der Waals surface area contributed by atoms with E-state index < -0.39 is 0 Å². The Kier molecular flexibility index (Phi) is 4.44. The molecule has 2 nitrogen and oxygen atoms in total. The van der Waals surface area contributed by atoms with E-state index in [4.69, 9.17) is 0 Å². The summed E-state index contributed by atoms with van der Waals surface area (Å²) in [6.07, 6.45) is 0. The summed E-state index contributed by atoms with van der Waals surface area (Å²) < 4.78 is 0. The number of hydrogen-bond acceptors (Lipinski definition) is 2. The first-order valence-electron chi connectivity index (χ1n) is 6.49. The van der Waals surface area contributed by atoms with Crippen molar-refractivity contribution in [2.45, 2.75) is 27.7 Å². The van der Waals surface area contributed by atoms with Gasteiger partial charge in [-0.05, 0) is 49.9 Å². The van der Waals surface area contributed by atoms with E-state index in [1.807, 2.05) is 0 Å². The molecule has 0 atom stereocenters. The Morgan fingerprint density at radius 1 is 0.632 bits per heavy atom. The van der Waals surface area contributed by atoms with Gasteiger partial charge in [0.2, 0.25) is 0 Å². The summed E-state index contributed by atoms with van der Waals surface area (Å²) in [5, 5.41) is 7.00. The Balaban J connectivity index is 2.05. The maximum absolute atomic E-state index is 3.50. The van der Waals surface area contributed by atoms with Crippen molar-refractivity contribution in [2.75, 3.05) is 10.2 Å². The molecular weight excluding hydrogens is 251 g/mol. The quantitative estimate of drug-likeness (QED) is 0.769. The molecule has 0 bridgehead atoms. The van der Waals surface area contributed by atoms with Gasteiger partial charge in [-0.15, -0.1) is 0 Å². The summed E-state index contributed by atoms with van der Waals surface area (Å²) >= 11 is 0. The number of hydrogen-bond donors (Lipinski definition) is 2. The molecule has 2 aromatic carbocycles. The number of benzene rings is 2. The monoisotopic (exact) mass is 272 g/mol. The van der Waals surface area contributed by atoms with Crippen LogP contribution in [0.3, 0.4) is 0 Å². The van der Waals surface area contributed by atoms with Crippen LogP contribution in [0.15, 0.2) is 36.4 Å². The highest BCUT2D eigenvalue weighted by molar-refractivity contribution is 7.41. The van der Waals surface area contributed by atoms with Crippen LogP contribution >= 0.6 is 8.88 Å². The number of aryl methyl sites for hydroxylation is 4. The fraction of sp³-hybridized carbons (Fsp3) is 0.250. The van der Waals surface area contributed by atoms with Crippen LogP contribution in [-0.4, -0.2) is 0 Å². The van der Waals surface area contributed by atoms with Crippen LogP contribution < -0.4 is 10.2 Å². The minimum atomic E-state index is 0.473. The molecule has 0 saturated heterocycles. The summed E-state index contributed by atoms with van der Waals surface area (Å²) in [4.78, 5) is 0. The number of nitrogens with one attached hydrogen (secondary N) is 2. The average Bonchev–Trinajstić information content (AvgIpc) is 2.36. The predicted octanol–water partition coefficient (Wildman–Crippen LogP) is 4.95. The van der Waals surface area contributed by atoms with Crippen molar-refractivity contribution in [3.63, 3.8) is 0 Å². The van der Waals surface area contributed by atoms with Crippen LogP contribution in [-0.2, 0) is 0 Å². The molecule has 0 aromatic heterocycles. The predicted molar refractivity (Wildman–Crippen MR) is 87.4 cm³/mol. The summed E-state index contributed by atoms with van der Waals surface area (Å²) in [5.41, 5.74) is 7.62. The average molecular weight is 272 g/mol. The fourth-order valence-electron chi connectivity index (χ4n) is 2.18. The maximum Gasteiger partial charge on any atom is 0.0743 e. The molecule has 0 radical (unpaired) electrons. The first-order chi connectivity index (χ1) is 9.09. The molecule has 0 aliphatic heterocycles. The smallest absolute Gasteiger partial charge is 0.0743 e. The third kappa shape index (κ3) is 3.27. The lowest BCUT2D eigenvalue weighted by molar-refractivity contribution is 1.38. The molecule has 2 rings (SSSR count). The molecule has 0 spiro atoms. The number of para-hydroxylation sites is 2. The first-order valence-corrected chi connectivity index (χ1v) is 7.49. The van der Waals surface area contributed by atoms with E-state index in [1.54, 1.807) is 0 Å². The van der Waals surface area contributed by atoms with Gasteiger partial charge >= 0.3 is 0 Å². The highest BCUT2D eigenvalue weighted by atomic mass is 31.1. The van der Waals surface area contributed by atoms with Gasteiger partial charge in [0, 0.05) is 11.4 Å². The molecule has 0 unspecified atom stereocenters. The van der Waals surface area contributed by atoms with Crippen molar-refractivity contribution < 1.29 is 0 Å². The minimum Gasteiger partial charge on any atom is -0.350 e. The summed E-state index contributed by atoms with van der Waals surface area (Å²) in [6, 6.07) is 12.7. The zero-order valence-corrected chi connectivity index (χ0v) is 13.0. The summed E-state index contributed by atoms with van der Waals surface area (Å²) in [7, 11) is 0.473. The van der Waals surface area contributed by atoms with Gasteiger partial charge in [0.15, 0.2) is 0 Å². The van der Waals surface area contributed by atoms with Gasteiger partial charge in [-0.3, -0.25) is 0 Å². The van der Waals surface area contributed by atoms with Crippen LogP contribution in [0.1, 0.15) is 22.3 Å². The van der Waals surface area contributed by atoms with E-state index in [9.17, 15) is 0 Å². The summed E-state index contributed by atoms with van der Waals surface area (Å²) in [6.45, 7) is 8.55. The highest BCUT2D eigenvalue weighted by Crippen LogP contribution is 2.29. The third-order valence-corrected chi connectivity index (χ3v) is 4.09. The Morgan fingerprint density at radius 2 is 0.947 bits per heavy atom. The molecule has 0 aliphatic carbocycles. The van der Waals surface area contributed by atoms with Crippen molar-refractivity contribution in [1.29, 1.82) is 0 Å². The van der Waals surface area contributed by atoms with Crippen molar-refractivity contribution in [3.05, 3.63) is 58.7 Å². The maximum atomic E-state index is 3.50. The minimum absolute atomic E-state index is 0.473. The highest BCUT2D eigenvalue weighted by Gasteiger charge is 2.03. The van der Waals surface area contributed by atoms with Gasteiger partial charge in [-0.2, -0.15) is 0 Å². The van der Waals surface area contributed by atoms with Crippen LogP contribution in [0.25, 0.3) is 0 Å². The Morgan fingerprint density at radius 3 is 1.26 bits per heavy atom. The van der Waals surface area contributed by atoms with Crippen LogP contribution in [0, 0.1) is 27.7 Å². The summed E-state index contributed by atoms with van der Waals surface area (Å²) in [5.74, 6) is 0. The largest absolute Gasteiger partial charge is 0.350 e. The molecule has 0 saturated carbocycles. The van der Waals surface area contributed by atoms with E-state index in [-0.39, 0.29) is 0 Å². The zero-order valence-electron chi connectivity index (χ0n) is 12.0. The van der Waals surface area contributed by atoms with E-state index in [1.165, 1.54) is 33.6 Å². The molecule has 100 valence electrons. The molecular formula is C16H21N2P. The van der Waals surface area contributed by atoms with Crippen molar-refractivity contribution >= 4 is 20.3 Å². The number of rotatable bonds is 4. The Bertz CT molecular complexity index is 487. The lowest BCUT2D eigenvalue weighted by Crippen LogP contribution is -1.98. The van der Waals surface area contributed by atoms with Crippen LogP contribution in [0.2, 0.25) is 0 Å². The lowest BCUT2D eigenvalue weighted by Gasteiger charge is -2.16. The Hall–Kier alpha value is -1.53. The van der Waals surface area contributed by atoms with E-state index >= 15 is 0 Å². The van der Waals surface area contributed by atoms with E-state index in [0.717, 1.165) is 0 Å². The first kappa shape index (κ1) is 13.9. The van der Waals surface area contributed by atoms with Gasteiger partial charge in [0.1, 0.15) is 0 Å². The van der Waals surface area contributed by atoms with Crippen LogP contribution in [0.5, 0.6) is 0 Å². The molecule has 0 heterocycles. The van der Waals surface area contributed by atoms with E-state index in [0.29, 0.717) is 8.88 Å². The molecule has 2 aromatic rings. The Labute approximate surface area is 117 Å². The van der Waals surface area contributed by atoms with Gasteiger partial charge < -0.3 is 10.2 Å². The standard InChI is InChI=1S/C16H21N2P/c1-11-7-5-8-12(2)15(11)17-19-18-16-13(3)9-6-10-14(16)4/h5-10,17-19H,1-4H3. The molecule has 0 amide bonds. The topological polar surface area (TPSA) is 24.1 Å². The second-order valence-electron chi connectivity index (χ2n) is 4.91. The SMILES string of the molecule is Cc1cccc(C)c1NPNc1c(C)cccc1C. The molecule has 3 heteroatoms. The number of anilines is 2. The van der Waals surface area contributed by atoms with Crippen LogP contribution in [0.4, 0.5) is 11.4 Å². The van der Waals surface area contributed by atoms with Gasteiger partial charge in [-0.1, -0.05) is 36.4 Å². The molecule has 2 N–H and O–H groups in total.